The van der Waals surface area contributed by atoms with Crippen LogP contribution in [-0.2, 0) is 0 Å². The van der Waals surface area contributed by atoms with Crippen molar-refractivity contribution in [3.8, 4) is 5.82 Å². The highest BCUT2D eigenvalue weighted by molar-refractivity contribution is 6.35. The number of carbonyl (C=O) groups is 1. The Morgan fingerprint density at radius 2 is 1.93 bits per heavy atom. The van der Waals surface area contributed by atoms with Crippen LogP contribution in [0.3, 0.4) is 0 Å². The molecule has 3 aromatic rings. The van der Waals surface area contributed by atoms with Crippen molar-refractivity contribution in [1.29, 1.82) is 0 Å². The molecule has 1 amide bonds. The van der Waals surface area contributed by atoms with E-state index in [1.165, 1.54) is 6.20 Å². The molecule has 0 saturated carbocycles. The number of rotatable bonds is 2. The minimum atomic E-state index is -0.819. The number of likely N-dealkylation sites (tertiary alicyclic amines) is 1. The third-order valence-corrected chi connectivity index (χ3v) is 4.65. The number of hydrogen-bond acceptors (Lipinski definition) is 4. The fourth-order valence-corrected chi connectivity index (χ4v) is 3.25. The average Bonchev–Trinajstić information content (AvgIpc) is 3.06. The van der Waals surface area contributed by atoms with Crippen LogP contribution in [0.4, 0.5) is 4.39 Å². The maximum absolute atomic E-state index is 13.3. The zero-order valence-electron chi connectivity index (χ0n) is 15.3. The topological polar surface area (TPSA) is 63.9 Å². The van der Waals surface area contributed by atoms with Crippen LogP contribution in [0, 0.1) is 0 Å². The van der Waals surface area contributed by atoms with Gasteiger partial charge in [0.2, 0.25) is 0 Å². The van der Waals surface area contributed by atoms with Gasteiger partial charge in [-0.2, -0.15) is 0 Å². The summed E-state index contributed by atoms with van der Waals surface area (Å²) in [7, 11) is 0. The Labute approximate surface area is 162 Å². The summed E-state index contributed by atoms with van der Waals surface area (Å²) >= 11 is 6.33. The number of alkyl halides is 1. The predicted octanol–water partition coefficient (Wildman–Crippen LogP) is 4.07. The number of amides is 1. The molecule has 0 spiro atoms. The third-order valence-electron chi connectivity index (χ3n) is 4.35. The van der Waals surface area contributed by atoms with Crippen molar-refractivity contribution in [2.75, 3.05) is 13.1 Å². The second kappa shape index (κ2) is 8.43. The van der Waals surface area contributed by atoms with Crippen molar-refractivity contribution >= 4 is 28.5 Å². The number of piperidine rings is 1. The Hall–Kier alpha value is -2.54. The van der Waals surface area contributed by atoms with Crippen LogP contribution in [0.2, 0.25) is 5.02 Å². The van der Waals surface area contributed by atoms with Crippen molar-refractivity contribution in [3.05, 3.63) is 47.6 Å². The molecule has 0 aromatic carbocycles. The highest BCUT2D eigenvalue weighted by atomic mass is 35.5. The first-order valence-corrected chi connectivity index (χ1v) is 9.37. The van der Waals surface area contributed by atoms with E-state index in [0.717, 1.165) is 0 Å². The molecule has 1 saturated heterocycles. The van der Waals surface area contributed by atoms with Crippen LogP contribution in [0.15, 0.2) is 37.1 Å². The van der Waals surface area contributed by atoms with Gasteiger partial charge in [0.1, 0.15) is 11.8 Å². The molecule has 8 heteroatoms. The predicted molar refractivity (Wildman–Crippen MR) is 103 cm³/mol. The van der Waals surface area contributed by atoms with Gasteiger partial charge in [0, 0.05) is 43.3 Å². The lowest BCUT2D eigenvalue weighted by molar-refractivity contribution is 0.0667. The standard InChI is InChI=1S/C17H15ClFN5O.C2H6/c18-14-10-24(15-9-20-3-4-21-15)16-13(14)7-11(8-22-16)17(25)23-5-1-12(19)2-6-23;1-2/h3-4,7-10,12H,1-2,5-6H2;1-2H3. The van der Waals surface area contributed by atoms with E-state index in [9.17, 15) is 9.18 Å². The summed E-state index contributed by atoms with van der Waals surface area (Å²) in [6.45, 7) is 4.85. The first-order chi connectivity index (χ1) is 13.1. The summed E-state index contributed by atoms with van der Waals surface area (Å²) in [5.74, 6) is 0.445. The van der Waals surface area contributed by atoms with Gasteiger partial charge in [-0.05, 0) is 18.9 Å². The van der Waals surface area contributed by atoms with E-state index in [1.54, 1.807) is 40.3 Å². The number of nitrogens with zero attached hydrogens (tertiary/aromatic N) is 5. The van der Waals surface area contributed by atoms with Gasteiger partial charge in [0.15, 0.2) is 5.82 Å². The third kappa shape index (κ3) is 3.93. The summed E-state index contributed by atoms with van der Waals surface area (Å²) in [6.07, 6.45) is 7.94. The maximum atomic E-state index is 13.3. The number of halogens is 2. The second-order valence-corrected chi connectivity index (χ2v) is 6.38. The van der Waals surface area contributed by atoms with Crippen molar-refractivity contribution in [2.45, 2.75) is 32.9 Å². The van der Waals surface area contributed by atoms with Crippen LogP contribution in [0.5, 0.6) is 0 Å². The molecule has 1 aliphatic heterocycles. The molecule has 1 aliphatic rings. The summed E-state index contributed by atoms with van der Waals surface area (Å²) in [4.78, 5) is 27.0. The van der Waals surface area contributed by atoms with Gasteiger partial charge in [-0.1, -0.05) is 25.4 Å². The molecule has 0 N–H and O–H groups in total. The van der Waals surface area contributed by atoms with Crippen LogP contribution in [-0.4, -0.2) is 49.6 Å². The number of pyridine rings is 1. The summed E-state index contributed by atoms with van der Waals surface area (Å²) in [5.41, 5.74) is 1.05. The molecule has 27 heavy (non-hydrogen) atoms. The van der Waals surface area contributed by atoms with Gasteiger partial charge in [-0.15, -0.1) is 0 Å². The maximum Gasteiger partial charge on any atom is 0.255 e. The lowest BCUT2D eigenvalue weighted by atomic mass is 10.1. The highest BCUT2D eigenvalue weighted by Crippen LogP contribution is 2.27. The molecular formula is C19H21ClFN5O. The van der Waals surface area contributed by atoms with E-state index in [-0.39, 0.29) is 5.91 Å². The van der Waals surface area contributed by atoms with Gasteiger partial charge in [-0.3, -0.25) is 14.3 Å². The molecule has 0 unspecified atom stereocenters. The molecule has 0 atom stereocenters. The van der Waals surface area contributed by atoms with E-state index in [0.29, 0.717) is 53.4 Å². The lowest BCUT2D eigenvalue weighted by Crippen LogP contribution is -2.39. The van der Waals surface area contributed by atoms with Gasteiger partial charge >= 0.3 is 0 Å². The smallest absolute Gasteiger partial charge is 0.255 e. The Bertz CT molecular complexity index is 922. The second-order valence-electron chi connectivity index (χ2n) is 5.97. The van der Waals surface area contributed by atoms with Gasteiger partial charge in [-0.25, -0.2) is 14.4 Å². The van der Waals surface area contributed by atoms with E-state index >= 15 is 0 Å². The van der Waals surface area contributed by atoms with E-state index in [1.807, 2.05) is 13.8 Å². The zero-order chi connectivity index (χ0) is 19.4. The molecular weight excluding hydrogens is 369 g/mol. The Morgan fingerprint density at radius 3 is 2.59 bits per heavy atom. The molecule has 1 fully saturated rings. The minimum Gasteiger partial charge on any atom is -0.338 e. The first-order valence-electron chi connectivity index (χ1n) is 9.00. The van der Waals surface area contributed by atoms with Gasteiger partial charge < -0.3 is 4.90 Å². The van der Waals surface area contributed by atoms with Crippen molar-refractivity contribution in [2.24, 2.45) is 0 Å². The summed E-state index contributed by atoms with van der Waals surface area (Å²) in [5, 5.41) is 1.14. The SMILES string of the molecule is CC.O=C(c1cnc2c(c1)c(Cl)cn2-c1cnccn1)N1CCC(F)CC1. The first kappa shape index (κ1) is 19.2. The lowest BCUT2D eigenvalue weighted by Gasteiger charge is -2.28. The molecule has 0 aliphatic carbocycles. The molecule has 0 radical (unpaired) electrons. The Balaban J connectivity index is 0.00000102. The fourth-order valence-electron chi connectivity index (χ4n) is 3.01. The van der Waals surface area contributed by atoms with Crippen molar-refractivity contribution < 1.29 is 9.18 Å². The number of aromatic nitrogens is 4. The molecule has 142 valence electrons. The van der Waals surface area contributed by atoms with Crippen molar-refractivity contribution in [3.63, 3.8) is 0 Å². The van der Waals surface area contributed by atoms with E-state index in [2.05, 4.69) is 15.0 Å². The minimum absolute atomic E-state index is 0.149. The quantitative estimate of drug-likeness (QED) is 0.662. The monoisotopic (exact) mass is 389 g/mol. The molecule has 3 aromatic heterocycles. The van der Waals surface area contributed by atoms with E-state index < -0.39 is 6.17 Å². The summed E-state index contributed by atoms with van der Waals surface area (Å²) < 4.78 is 15.0. The van der Waals surface area contributed by atoms with Crippen LogP contribution in [0.1, 0.15) is 37.0 Å². The number of hydrogen-bond donors (Lipinski definition) is 0. The van der Waals surface area contributed by atoms with Gasteiger partial charge in [0.25, 0.3) is 5.91 Å². The normalized spacial score (nSPS) is 14.7. The molecule has 6 nitrogen and oxygen atoms in total. The average molecular weight is 390 g/mol. The number of fused-ring (bicyclic) bond motifs is 1. The van der Waals surface area contributed by atoms with E-state index in [4.69, 9.17) is 11.6 Å². The number of carbonyl (C=O) groups excluding carboxylic acids is 1. The Morgan fingerprint density at radius 1 is 1.19 bits per heavy atom. The fraction of sp³-hybridized carbons (Fsp3) is 0.368. The molecule has 0 bridgehead atoms. The highest BCUT2D eigenvalue weighted by Gasteiger charge is 2.24. The zero-order valence-corrected chi connectivity index (χ0v) is 16.0. The largest absolute Gasteiger partial charge is 0.338 e. The van der Waals surface area contributed by atoms with Crippen LogP contribution in [0.25, 0.3) is 16.9 Å². The molecule has 4 heterocycles. The van der Waals surface area contributed by atoms with Crippen molar-refractivity contribution in [1.82, 2.24) is 24.4 Å². The van der Waals surface area contributed by atoms with Gasteiger partial charge in [0.05, 0.1) is 16.8 Å². The van der Waals surface area contributed by atoms with Crippen LogP contribution < -0.4 is 0 Å². The Kier molecular flexibility index (Phi) is 6.01. The van der Waals surface area contributed by atoms with Crippen LogP contribution >= 0.6 is 11.6 Å². The molecule has 4 rings (SSSR count). The summed E-state index contributed by atoms with van der Waals surface area (Å²) in [6, 6.07) is 1.72.